The predicted molar refractivity (Wildman–Crippen MR) is 127 cm³/mol. The number of carbonyl (C=O) groups is 1. The molecule has 1 aliphatic heterocycles. The first kappa shape index (κ1) is 25.3. The number of nitrogens with zero attached hydrogens (tertiary/aromatic N) is 3. The van der Waals surface area contributed by atoms with Gasteiger partial charge in [0.15, 0.2) is 0 Å². The lowest BCUT2D eigenvalue weighted by atomic mass is 9.82. The molecule has 0 bridgehead atoms. The standard InChI is InChI=1S/C26H32F3N3O3/c27-26(28,29)24-16-22(8-9-23(24)19-4-2-1-3-5-19)35-18-20-6-7-21(17-30-20)32-14-12-31(13-15-32)11-10-25(33)34/h6-9,16-17,19H,1-5,10-15,18H2,(H,33,34). The highest BCUT2D eigenvalue weighted by atomic mass is 19.4. The second-order valence-corrected chi connectivity index (χ2v) is 9.35. The van der Waals surface area contributed by atoms with E-state index in [1.165, 1.54) is 0 Å². The van der Waals surface area contributed by atoms with Crippen molar-refractivity contribution in [1.82, 2.24) is 9.88 Å². The van der Waals surface area contributed by atoms with Crippen LogP contribution in [0.4, 0.5) is 18.9 Å². The van der Waals surface area contributed by atoms with Gasteiger partial charge in [-0.15, -0.1) is 0 Å². The lowest BCUT2D eigenvalue weighted by Crippen LogP contribution is -2.47. The Morgan fingerprint density at radius 3 is 2.43 bits per heavy atom. The molecule has 6 nitrogen and oxygen atoms in total. The van der Waals surface area contributed by atoms with Crippen LogP contribution in [0.3, 0.4) is 0 Å². The van der Waals surface area contributed by atoms with Crippen LogP contribution in [0, 0.1) is 0 Å². The number of aliphatic carboxylic acids is 1. The third-order valence-electron chi connectivity index (χ3n) is 6.95. The zero-order valence-electron chi connectivity index (χ0n) is 19.8. The smallest absolute Gasteiger partial charge is 0.416 e. The maximum absolute atomic E-state index is 13.8. The Kier molecular flexibility index (Phi) is 8.15. The normalized spacial score (nSPS) is 18.0. The number of piperazine rings is 1. The number of hydrogen-bond donors (Lipinski definition) is 1. The fraction of sp³-hybridized carbons (Fsp3) is 0.538. The van der Waals surface area contributed by atoms with Gasteiger partial charge in [-0.05, 0) is 48.6 Å². The molecule has 0 atom stereocenters. The van der Waals surface area contributed by atoms with E-state index in [0.717, 1.165) is 70.0 Å². The van der Waals surface area contributed by atoms with E-state index < -0.39 is 17.7 Å². The van der Waals surface area contributed by atoms with E-state index in [2.05, 4.69) is 14.8 Å². The highest BCUT2D eigenvalue weighted by molar-refractivity contribution is 5.66. The predicted octanol–water partition coefficient (Wildman–Crippen LogP) is 5.32. The minimum absolute atomic E-state index is 0.0392. The molecular formula is C26H32F3N3O3. The Hall–Kier alpha value is -2.81. The van der Waals surface area contributed by atoms with Crippen LogP contribution in [0.1, 0.15) is 61.3 Å². The summed E-state index contributed by atoms with van der Waals surface area (Å²) < 4.78 is 47.0. The van der Waals surface area contributed by atoms with Gasteiger partial charge < -0.3 is 14.7 Å². The molecule has 1 aromatic carbocycles. The molecule has 1 aromatic heterocycles. The molecule has 1 aliphatic carbocycles. The molecule has 4 rings (SSSR count). The number of carboxylic acid groups (broad SMARTS) is 1. The van der Waals surface area contributed by atoms with Gasteiger partial charge >= 0.3 is 12.1 Å². The first-order valence-electron chi connectivity index (χ1n) is 12.3. The lowest BCUT2D eigenvalue weighted by Gasteiger charge is -2.35. The lowest BCUT2D eigenvalue weighted by molar-refractivity contribution is -0.139. The van der Waals surface area contributed by atoms with Crippen molar-refractivity contribution in [3.8, 4) is 5.75 Å². The van der Waals surface area contributed by atoms with Crippen LogP contribution in [-0.2, 0) is 17.6 Å². The quantitative estimate of drug-likeness (QED) is 0.539. The minimum atomic E-state index is -4.41. The number of anilines is 1. The summed E-state index contributed by atoms with van der Waals surface area (Å²) in [6.45, 7) is 3.78. The molecule has 35 heavy (non-hydrogen) atoms. The summed E-state index contributed by atoms with van der Waals surface area (Å²) in [6.07, 6.45) is 2.12. The molecule has 0 unspecified atom stereocenters. The number of pyridine rings is 1. The molecule has 2 aromatic rings. The topological polar surface area (TPSA) is 65.9 Å². The van der Waals surface area contributed by atoms with Crippen LogP contribution in [-0.4, -0.2) is 53.7 Å². The number of halogens is 3. The highest BCUT2D eigenvalue weighted by Crippen LogP contribution is 2.42. The fourth-order valence-electron chi connectivity index (χ4n) is 4.97. The summed E-state index contributed by atoms with van der Waals surface area (Å²) in [5.41, 5.74) is 1.39. The van der Waals surface area contributed by atoms with E-state index in [-0.39, 0.29) is 24.7 Å². The minimum Gasteiger partial charge on any atom is -0.487 e. The van der Waals surface area contributed by atoms with E-state index in [4.69, 9.17) is 9.84 Å². The Bertz CT molecular complexity index is 984. The summed E-state index contributed by atoms with van der Waals surface area (Å²) in [7, 11) is 0. The second kappa shape index (κ2) is 11.3. The van der Waals surface area contributed by atoms with Crippen molar-refractivity contribution in [1.29, 1.82) is 0 Å². The molecule has 2 fully saturated rings. The molecule has 0 radical (unpaired) electrons. The van der Waals surface area contributed by atoms with Gasteiger partial charge in [0.25, 0.3) is 0 Å². The first-order valence-corrected chi connectivity index (χ1v) is 12.3. The number of carboxylic acids is 1. The van der Waals surface area contributed by atoms with E-state index in [0.29, 0.717) is 17.8 Å². The van der Waals surface area contributed by atoms with Gasteiger partial charge in [-0.3, -0.25) is 14.7 Å². The average Bonchev–Trinajstić information content (AvgIpc) is 2.87. The zero-order valence-corrected chi connectivity index (χ0v) is 19.8. The van der Waals surface area contributed by atoms with Crippen molar-refractivity contribution in [3.63, 3.8) is 0 Å². The molecule has 1 N–H and O–H groups in total. The monoisotopic (exact) mass is 491 g/mol. The summed E-state index contributed by atoms with van der Waals surface area (Å²) in [4.78, 5) is 19.5. The van der Waals surface area contributed by atoms with Crippen LogP contribution >= 0.6 is 0 Å². The Labute approximate surface area is 203 Å². The molecule has 1 saturated carbocycles. The summed E-state index contributed by atoms with van der Waals surface area (Å²) >= 11 is 0. The molecule has 1 saturated heterocycles. The largest absolute Gasteiger partial charge is 0.487 e. The van der Waals surface area contributed by atoms with Crippen molar-refractivity contribution < 1.29 is 27.8 Å². The van der Waals surface area contributed by atoms with Gasteiger partial charge in [0.2, 0.25) is 0 Å². The van der Waals surface area contributed by atoms with Gasteiger partial charge in [0.05, 0.1) is 29.6 Å². The SMILES string of the molecule is O=C(O)CCN1CCN(c2ccc(COc3ccc(C4CCCCC4)c(C(F)(F)F)c3)nc2)CC1. The fourth-order valence-corrected chi connectivity index (χ4v) is 4.97. The van der Waals surface area contributed by atoms with Crippen molar-refractivity contribution >= 4 is 11.7 Å². The Morgan fingerprint density at radius 2 is 1.80 bits per heavy atom. The van der Waals surface area contributed by atoms with E-state index in [1.54, 1.807) is 18.3 Å². The Morgan fingerprint density at radius 1 is 1.06 bits per heavy atom. The maximum atomic E-state index is 13.8. The van der Waals surface area contributed by atoms with E-state index in [1.807, 2.05) is 12.1 Å². The van der Waals surface area contributed by atoms with Crippen molar-refractivity contribution in [2.75, 3.05) is 37.6 Å². The van der Waals surface area contributed by atoms with Crippen molar-refractivity contribution in [2.45, 2.75) is 57.2 Å². The number of alkyl halides is 3. The Balaban J connectivity index is 1.34. The molecule has 2 aliphatic rings. The number of ether oxygens (including phenoxy) is 1. The summed E-state index contributed by atoms with van der Waals surface area (Å²) in [5, 5.41) is 8.83. The zero-order chi connectivity index (χ0) is 24.8. The van der Waals surface area contributed by atoms with Crippen LogP contribution in [0.15, 0.2) is 36.5 Å². The van der Waals surface area contributed by atoms with Crippen LogP contribution in [0.5, 0.6) is 5.75 Å². The molecule has 0 amide bonds. The van der Waals surface area contributed by atoms with Gasteiger partial charge in [0.1, 0.15) is 12.4 Å². The van der Waals surface area contributed by atoms with E-state index >= 15 is 0 Å². The molecular weight excluding hydrogens is 459 g/mol. The van der Waals surface area contributed by atoms with Gasteiger partial charge in [-0.1, -0.05) is 25.3 Å². The maximum Gasteiger partial charge on any atom is 0.416 e. The van der Waals surface area contributed by atoms with Crippen molar-refractivity contribution in [3.05, 3.63) is 53.3 Å². The third kappa shape index (κ3) is 6.87. The van der Waals surface area contributed by atoms with Crippen molar-refractivity contribution in [2.24, 2.45) is 0 Å². The second-order valence-electron chi connectivity index (χ2n) is 9.35. The van der Waals surface area contributed by atoms with Crippen LogP contribution < -0.4 is 9.64 Å². The number of rotatable bonds is 8. The van der Waals surface area contributed by atoms with Crippen LogP contribution in [0.25, 0.3) is 0 Å². The van der Waals surface area contributed by atoms with Gasteiger partial charge in [0, 0.05) is 32.7 Å². The number of aromatic nitrogens is 1. The first-order chi connectivity index (χ1) is 16.8. The molecule has 190 valence electrons. The number of hydrogen-bond acceptors (Lipinski definition) is 5. The van der Waals surface area contributed by atoms with E-state index in [9.17, 15) is 18.0 Å². The third-order valence-corrected chi connectivity index (χ3v) is 6.95. The summed E-state index contributed by atoms with van der Waals surface area (Å²) in [6, 6.07) is 8.11. The molecule has 0 spiro atoms. The molecule has 2 heterocycles. The molecule has 9 heteroatoms. The van der Waals surface area contributed by atoms with Crippen LogP contribution in [0.2, 0.25) is 0 Å². The highest BCUT2D eigenvalue weighted by Gasteiger charge is 2.36. The average molecular weight is 492 g/mol. The summed E-state index contributed by atoms with van der Waals surface area (Å²) in [5.74, 6) is -0.632. The van der Waals surface area contributed by atoms with Gasteiger partial charge in [-0.25, -0.2) is 0 Å². The number of benzene rings is 1. The van der Waals surface area contributed by atoms with Gasteiger partial charge in [-0.2, -0.15) is 13.2 Å².